The normalized spacial score (nSPS) is 13.0. The highest BCUT2D eigenvalue weighted by atomic mass is 16.6. The van der Waals surface area contributed by atoms with Crippen LogP contribution in [-0.2, 0) is 6.42 Å². The molecule has 3 rings (SSSR count). The number of para-hydroxylation sites is 1. The predicted molar refractivity (Wildman–Crippen MR) is 80.7 cm³/mol. The lowest BCUT2D eigenvalue weighted by Gasteiger charge is -2.21. The maximum Gasteiger partial charge on any atom is 0.184 e. The molecule has 0 saturated heterocycles. The van der Waals surface area contributed by atoms with Crippen LogP contribution in [0.25, 0.3) is 0 Å². The molecule has 0 spiro atoms. The van der Waals surface area contributed by atoms with Gasteiger partial charge in [0.1, 0.15) is 13.2 Å². The Labute approximate surface area is 119 Å². The summed E-state index contributed by atoms with van der Waals surface area (Å²) in [5.74, 6) is 1.68. The molecule has 3 heteroatoms. The van der Waals surface area contributed by atoms with E-state index in [4.69, 9.17) is 9.47 Å². The zero-order valence-electron chi connectivity index (χ0n) is 11.5. The number of nitrogens with one attached hydrogen (secondary N) is 1. The van der Waals surface area contributed by atoms with Crippen molar-refractivity contribution in [2.24, 2.45) is 0 Å². The molecule has 0 fully saturated rings. The Bertz CT molecular complexity index is 554. The van der Waals surface area contributed by atoms with Crippen LogP contribution in [0.3, 0.4) is 0 Å². The lowest BCUT2D eigenvalue weighted by Crippen LogP contribution is -2.17. The van der Waals surface area contributed by atoms with E-state index < -0.39 is 0 Å². The first kappa shape index (κ1) is 12.9. The van der Waals surface area contributed by atoms with Crippen LogP contribution in [0, 0.1) is 0 Å². The molecule has 2 aromatic rings. The Morgan fingerprint density at radius 1 is 0.900 bits per heavy atom. The van der Waals surface area contributed by atoms with E-state index in [1.807, 2.05) is 18.2 Å². The van der Waals surface area contributed by atoms with E-state index in [0.717, 1.165) is 36.6 Å². The summed E-state index contributed by atoms with van der Waals surface area (Å²) >= 11 is 0. The van der Waals surface area contributed by atoms with Crippen molar-refractivity contribution in [3.63, 3.8) is 0 Å². The maximum absolute atomic E-state index is 5.68. The van der Waals surface area contributed by atoms with Gasteiger partial charge < -0.3 is 14.8 Å². The van der Waals surface area contributed by atoms with Gasteiger partial charge in [-0.2, -0.15) is 0 Å². The van der Waals surface area contributed by atoms with E-state index in [-0.39, 0.29) is 0 Å². The van der Waals surface area contributed by atoms with Gasteiger partial charge in [0.2, 0.25) is 0 Å². The molecule has 1 aliphatic rings. The highest BCUT2D eigenvalue weighted by molar-refractivity contribution is 5.63. The van der Waals surface area contributed by atoms with E-state index >= 15 is 0 Å². The molecule has 104 valence electrons. The van der Waals surface area contributed by atoms with Crippen molar-refractivity contribution in [1.29, 1.82) is 0 Å². The number of rotatable bonds is 5. The van der Waals surface area contributed by atoms with Crippen molar-refractivity contribution in [2.75, 3.05) is 25.1 Å². The van der Waals surface area contributed by atoms with Crippen molar-refractivity contribution < 1.29 is 9.47 Å². The summed E-state index contributed by atoms with van der Waals surface area (Å²) in [6.07, 6.45) is 2.18. The first-order valence-electron chi connectivity index (χ1n) is 7.10. The quantitative estimate of drug-likeness (QED) is 0.843. The molecule has 3 nitrogen and oxygen atoms in total. The van der Waals surface area contributed by atoms with E-state index in [9.17, 15) is 0 Å². The van der Waals surface area contributed by atoms with Crippen molar-refractivity contribution in [3.8, 4) is 11.5 Å². The number of benzene rings is 2. The minimum atomic E-state index is 0.621. The average Bonchev–Trinajstić information content (AvgIpc) is 2.53. The second-order valence-electron chi connectivity index (χ2n) is 4.85. The smallest absolute Gasteiger partial charge is 0.184 e. The van der Waals surface area contributed by atoms with Gasteiger partial charge in [-0.15, -0.1) is 0 Å². The molecule has 0 saturated carbocycles. The fourth-order valence-electron chi connectivity index (χ4n) is 2.37. The molecule has 0 aliphatic carbocycles. The van der Waals surface area contributed by atoms with E-state index in [0.29, 0.717) is 13.2 Å². The molecule has 0 unspecified atom stereocenters. The molecular weight excluding hydrogens is 250 g/mol. The Morgan fingerprint density at radius 2 is 1.75 bits per heavy atom. The number of aryl methyl sites for hydroxylation is 1. The highest BCUT2D eigenvalue weighted by Gasteiger charge is 2.14. The zero-order valence-corrected chi connectivity index (χ0v) is 11.5. The van der Waals surface area contributed by atoms with Crippen LogP contribution in [0.15, 0.2) is 48.5 Å². The van der Waals surface area contributed by atoms with Gasteiger partial charge in [0, 0.05) is 6.54 Å². The van der Waals surface area contributed by atoms with Gasteiger partial charge in [-0.25, -0.2) is 0 Å². The monoisotopic (exact) mass is 269 g/mol. The summed E-state index contributed by atoms with van der Waals surface area (Å²) in [5.41, 5.74) is 2.40. The summed E-state index contributed by atoms with van der Waals surface area (Å²) in [4.78, 5) is 0. The van der Waals surface area contributed by atoms with Gasteiger partial charge in [0.05, 0.1) is 5.69 Å². The Hall–Kier alpha value is -2.16. The lowest BCUT2D eigenvalue weighted by atomic mass is 10.1. The van der Waals surface area contributed by atoms with Gasteiger partial charge >= 0.3 is 0 Å². The Kier molecular flexibility index (Phi) is 4.07. The van der Waals surface area contributed by atoms with Crippen LogP contribution in [0.4, 0.5) is 5.69 Å². The Morgan fingerprint density at radius 3 is 2.65 bits per heavy atom. The number of fused-ring (bicyclic) bond motifs is 1. The highest BCUT2D eigenvalue weighted by Crippen LogP contribution is 2.37. The molecule has 1 aliphatic heterocycles. The third-order valence-electron chi connectivity index (χ3n) is 3.37. The predicted octanol–water partition coefficient (Wildman–Crippen LogP) is 3.50. The summed E-state index contributed by atoms with van der Waals surface area (Å²) in [6, 6.07) is 16.5. The van der Waals surface area contributed by atoms with Crippen LogP contribution in [0.1, 0.15) is 12.0 Å². The molecule has 0 amide bonds. The zero-order chi connectivity index (χ0) is 13.6. The summed E-state index contributed by atoms with van der Waals surface area (Å²) in [6.45, 7) is 2.18. The molecular formula is C17H19NO2. The molecule has 1 N–H and O–H groups in total. The number of ether oxygens (including phenoxy) is 2. The van der Waals surface area contributed by atoms with Gasteiger partial charge in [-0.3, -0.25) is 0 Å². The second-order valence-corrected chi connectivity index (χ2v) is 4.85. The summed E-state index contributed by atoms with van der Waals surface area (Å²) in [5, 5.41) is 3.44. The van der Waals surface area contributed by atoms with E-state index in [1.54, 1.807) is 0 Å². The molecule has 0 radical (unpaired) electrons. The van der Waals surface area contributed by atoms with Crippen LogP contribution < -0.4 is 14.8 Å². The summed E-state index contributed by atoms with van der Waals surface area (Å²) in [7, 11) is 0. The first-order valence-corrected chi connectivity index (χ1v) is 7.10. The SMILES string of the molecule is c1ccc(CCCNc2cccc3c2OCCO3)cc1. The van der Waals surface area contributed by atoms with Crippen molar-refractivity contribution in [1.82, 2.24) is 0 Å². The topological polar surface area (TPSA) is 30.5 Å². The molecule has 1 heterocycles. The molecule has 2 aromatic carbocycles. The third-order valence-corrected chi connectivity index (χ3v) is 3.37. The maximum atomic E-state index is 5.68. The summed E-state index contributed by atoms with van der Waals surface area (Å²) < 4.78 is 11.3. The number of hydrogen-bond acceptors (Lipinski definition) is 3. The Balaban J connectivity index is 1.54. The van der Waals surface area contributed by atoms with Gasteiger partial charge in [-0.05, 0) is 30.5 Å². The van der Waals surface area contributed by atoms with Crippen molar-refractivity contribution >= 4 is 5.69 Å². The minimum Gasteiger partial charge on any atom is -0.486 e. The average molecular weight is 269 g/mol. The molecule has 0 aromatic heterocycles. The van der Waals surface area contributed by atoms with Crippen LogP contribution in [-0.4, -0.2) is 19.8 Å². The van der Waals surface area contributed by atoms with E-state index in [2.05, 4.69) is 35.6 Å². The number of anilines is 1. The lowest BCUT2D eigenvalue weighted by molar-refractivity contribution is 0.172. The minimum absolute atomic E-state index is 0.621. The van der Waals surface area contributed by atoms with Crippen LogP contribution in [0.5, 0.6) is 11.5 Å². The first-order chi connectivity index (χ1) is 9.93. The molecule has 20 heavy (non-hydrogen) atoms. The second kappa shape index (κ2) is 6.33. The van der Waals surface area contributed by atoms with Crippen molar-refractivity contribution in [2.45, 2.75) is 12.8 Å². The van der Waals surface area contributed by atoms with Crippen LogP contribution in [0.2, 0.25) is 0 Å². The van der Waals surface area contributed by atoms with Gasteiger partial charge in [-0.1, -0.05) is 36.4 Å². The molecule has 0 atom stereocenters. The van der Waals surface area contributed by atoms with Crippen LogP contribution >= 0.6 is 0 Å². The molecule has 0 bridgehead atoms. The van der Waals surface area contributed by atoms with Crippen molar-refractivity contribution in [3.05, 3.63) is 54.1 Å². The number of hydrogen-bond donors (Lipinski definition) is 1. The fourth-order valence-corrected chi connectivity index (χ4v) is 2.37. The third kappa shape index (κ3) is 3.05. The largest absolute Gasteiger partial charge is 0.486 e. The van der Waals surface area contributed by atoms with Gasteiger partial charge in [0.15, 0.2) is 11.5 Å². The standard InChI is InChI=1S/C17H19NO2/c1-2-6-14(7-3-1)8-5-11-18-15-9-4-10-16-17(15)20-13-12-19-16/h1-4,6-7,9-10,18H,5,8,11-13H2. The van der Waals surface area contributed by atoms with E-state index in [1.165, 1.54) is 5.56 Å². The van der Waals surface area contributed by atoms with Gasteiger partial charge in [0.25, 0.3) is 0 Å². The fraction of sp³-hybridized carbons (Fsp3) is 0.294.